The molecule has 0 spiro atoms. The van der Waals surface area contributed by atoms with Gasteiger partial charge in [-0.15, -0.1) is 0 Å². The largest absolute Gasteiger partial charge is 0.434 e. The third kappa shape index (κ3) is 1.85. The van der Waals surface area contributed by atoms with Crippen molar-refractivity contribution in [3.8, 4) is 0 Å². The molecule has 0 fully saturated rings. The van der Waals surface area contributed by atoms with Crippen molar-refractivity contribution in [2.75, 3.05) is 5.32 Å². The molecule has 0 aliphatic heterocycles. The van der Waals surface area contributed by atoms with Crippen LogP contribution in [0.3, 0.4) is 0 Å². The van der Waals surface area contributed by atoms with Crippen LogP contribution in [0.4, 0.5) is 11.6 Å². The molecule has 16 heavy (non-hydrogen) atoms. The van der Waals surface area contributed by atoms with E-state index in [1.54, 1.807) is 18.2 Å². The molecule has 0 saturated carbocycles. The molecule has 0 aliphatic rings. The fourth-order valence-corrected chi connectivity index (χ4v) is 1.40. The van der Waals surface area contributed by atoms with Crippen LogP contribution < -0.4 is 5.32 Å². The first-order chi connectivity index (χ1) is 7.56. The number of hydrogen-bond acceptors (Lipinski definition) is 4. The highest BCUT2D eigenvalue weighted by atomic mass is 16.6. The molecule has 1 aromatic carbocycles. The molecular formula is C10H8N2O4. The summed E-state index contributed by atoms with van der Waals surface area (Å²) >= 11 is 0. The number of carbonyl (C=O) groups is 1. The summed E-state index contributed by atoms with van der Waals surface area (Å²) in [6, 6.07) is 6.14. The molecule has 0 radical (unpaired) electrons. The van der Waals surface area contributed by atoms with E-state index in [4.69, 9.17) is 4.42 Å². The van der Waals surface area contributed by atoms with Crippen molar-refractivity contribution in [1.82, 2.24) is 0 Å². The smallest absolute Gasteiger partial charge is 0.401 e. The molecule has 1 heterocycles. The zero-order chi connectivity index (χ0) is 11.7. The van der Waals surface area contributed by atoms with Crippen molar-refractivity contribution in [3.63, 3.8) is 0 Å². The van der Waals surface area contributed by atoms with Gasteiger partial charge in [0.15, 0.2) is 0 Å². The Kier molecular flexibility index (Phi) is 2.32. The van der Waals surface area contributed by atoms with Crippen LogP contribution in [0.2, 0.25) is 0 Å². The Hall–Kier alpha value is -2.37. The van der Waals surface area contributed by atoms with Crippen LogP contribution >= 0.6 is 0 Å². The molecule has 0 atom stereocenters. The minimum atomic E-state index is -0.599. The molecule has 1 aromatic heterocycles. The van der Waals surface area contributed by atoms with Crippen LogP contribution in [0.15, 0.2) is 28.7 Å². The summed E-state index contributed by atoms with van der Waals surface area (Å²) in [7, 11) is 0. The van der Waals surface area contributed by atoms with E-state index >= 15 is 0 Å². The molecule has 6 heteroatoms. The van der Waals surface area contributed by atoms with E-state index in [0.29, 0.717) is 16.7 Å². The van der Waals surface area contributed by atoms with Crippen LogP contribution in [-0.2, 0) is 4.79 Å². The van der Waals surface area contributed by atoms with E-state index in [1.165, 1.54) is 13.0 Å². The number of carbonyl (C=O) groups excluding carboxylic acids is 1. The summed E-state index contributed by atoms with van der Waals surface area (Å²) in [5, 5.41) is 13.6. The Morgan fingerprint density at radius 3 is 2.81 bits per heavy atom. The van der Waals surface area contributed by atoms with Gasteiger partial charge in [-0.2, -0.15) is 0 Å². The van der Waals surface area contributed by atoms with Crippen molar-refractivity contribution in [2.45, 2.75) is 6.92 Å². The lowest BCUT2D eigenvalue weighted by atomic mass is 10.2. The fraction of sp³-hybridized carbons (Fsp3) is 0.100. The SMILES string of the molecule is CC(=O)Nc1ccc2oc([N+](=O)[O-])cc2c1. The first kappa shape index (κ1) is 10.2. The number of nitro groups is 1. The second kappa shape index (κ2) is 3.65. The highest BCUT2D eigenvalue weighted by Crippen LogP contribution is 2.26. The van der Waals surface area contributed by atoms with Crippen LogP contribution in [-0.4, -0.2) is 10.8 Å². The maximum atomic E-state index is 10.8. The van der Waals surface area contributed by atoms with Crippen LogP contribution in [0.5, 0.6) is 0 Å². The van der Waals surface area contributed by atoms with E-state index in [1.807, 2.05) is 0 Å². The predicted octanol–water partition coefficient (Wildman–Crippen LogP) is 2.30. The number of amides is 1. The van der Waals surface area contributed by atoms with Crippen LogP contribution in [0.1, 0.15) is 6.92 Å². The van der Waals surface area contributed by atoms with Crippen molar-refractivity contribution >= 4 is 28.4 Å². The molecule has 2 rings (SSSR count). The van der Waals surface area contributed by atoms with Crippen molar-refractivity contribution in [1.29, 1.82) is 0 Å². The number of furan rings is 1. The molecule has 0 bridgehead atoms. The van der Waals surface area contributed by atoms with Gasteiger partial charge in [0.25, 0.3) is 0 Å². The number of hydrogen-bond donors (Lipinski definition) is 1. The van der Waals surface area contributed by atoms with Gasteiger partial charge in [0, 0.05) is 18.0 Å². The molecule has 2 aromatic rings. The average molecular weight is 220 g/mol. The standard InChI is InChI=1S/C10H8N2O4/c1-6(13)11-8-2-3-9-7(4-8)5-10(16-9)12(14)15/h2-5H,1H3,(H,11,13). The van der Waals surface area contributed by atoms with E-state index in [9.17, 15) is 14.9 Å². The zero-order valence-electron chi connectivity index (χ0n) is 8.39. The van der Waals surface area contributed by atoms with E-state index in [2.05, 4.69) is 5.32 Å². The maximum Gasteiger partial charge on any atom is 0.434 e. The summed E-state index contributed by atoms with van der Waals surface area (Å²) in [6.07, 6.45) is 0. The molecule has 6 nitrogen and oxygen atoms in total. The lowest BCUT2D eigenvalue weighted by Gasteiger charge is -1.99. The van der Waals surface area contributed by atoms with Gasteiger partial charge in [0.05, 0.1) is 6.07 Å². The fourth-order valence-electron chi connectivity index (χ4n) is 1.40. The number of anilines is 1. The van der Waals surface area contributed by atoms with E-state index in [-0.39, 0.29) is 11.8 Å². The molecular weight excluding hydrogens is 212 g/mol. The van der Waals surface area contributed by atoms with Gasteiger partial charge >= 0.3 is 5.88 Å². The lowest BCUT2D eigenvalue weighted by molar-refractivity contribution is -0.401. The Labute approximate surface area is 90.0 Å². The molecule has 1 N–H and O–H groups in total. The van der Waals surface area contributed by atoms with Gasteiger partial charge in [0.1, 0.15) is 10.5 Å². The minimum absolute atomic E-state index is 0.197. The zero-order valence-corrected chi connectivity index (χ0v) is 8.39. The highest BCUT2D eigenvalue weighted by Gasteiger charge is 2.13. The molecule has 0 saturated heterocycles. The van der Waals surface area contributed by atoms with Crippen LogP contribution in [0.25, 0.3) is 11.0 Å². The summed E-state index contributed by atoms with van der Waals surface area (Å²) in [5.41, 5.74) is 0.997. The van der Waals surface area contributed by atoms with Crippen molar-refractivity contribution < 1.29 is 14.1 Å². The molecule has 0 aliphatic carbocycles. The molecule has 0 unspecified atom stereocenters. The van der Waals surface area contributed by atoms with Gasteiger partial charge < -0.3 is 9.73 Å². The Morgan fingerprint density at radius 2 is 2.19 bits per heavy atom. The second-order valence-corrected chi connectivity index (χ2v) is 3.28. The lowest BCUT2D eigenvalue weighted by Crippen LogP contribution is -2.05. The number of rotatable bonds is 2. The monoisotopic (exact) mass is 220 g/mol. The third-order valence-electron chi connectivity index (χ3n) is 2.00. The quantitative estimate of drug-likeness (QED) is 0.621. The number of nitrogens with one attached hydrogen (secondary N) is 1. The summed E-state index contributed by atoms with van der Waals surface area (Å²) < 4.78 is 4.98. The van der Waals surface area contributed by atoms with Crippen molar-refractivity contribution in [2.24, 2.45) is 0 Å². The Bertz CT molecular complexity index is 573. The summed E-state index contributed by atoms with van der Waals surface area (Å²) in [4.78, 5) is 20.7. The number of nitrogens with zero attached hydrogens (tertiary/aromatic N) is 1. The van der Waals surface area contributed by atoms with E-state index in [0.717, 1.165) is 0 Å². The molecule has 1 amide bonds. The first-order valence-corrected chi connectivity index (χ1v) is 4.52. The van der Waals surface area contributed by atoms with Gasteiger partial charge in [-0.25, -0.2) is 0 Å². The Balaban J connectivity index is 2.45. The topological polar surface area (TPSA) is 85.4 Å². The second-order valence-electron chi connectivity index (χ2n) is 3.28. The summed E-state index contributed by atoms with van der Waals surface area (Å²) in [6.45, 7) is 1.39. The van der Waals surface area contributed by atoms with Gasteiger partial charge in [-0.3, -0.25) is 14.9 Å². The Morgan fingerprint density at radius 1 is 1.44 bits per heavy atom. The average Bonchev–Trinajstić information content (AvgIpc) is 2.59. The molecule has 82 valence electrons. The number of benzene rings is 1. The van der Waals surface area contributed by atoms with Gasteiger partial charge in [-0.05, 0) is 18.2 Å². The van der Waals surface area contributed by atoms with E-state index < -0.39 is 4.92 Å². The predicted molar refractivity (Wildman–Crippen MR) is 57.2 cm³/mol. The highest BCUT2D eigenvalue weighted by molar-refractivity contribution is 5.92. The first-order valence-electron chi connectivity index (χ1n) is 4.52. The normalized spacial score (nSPS) is 10.3. The minimum Gasteiger partial charge on any atom is -0.401 e. The number of fused-ring (bicyclic) bond motifs is 1. The summed E-state index contributed by atoms with van der Waals surface area (Å²) in [5.74, 6) is -0.507. The third-order valence-corrected chi connectivity index (χ3v) is 2.00. The van der Waals surface area contributed by atoms with Crippen molar-refractivity contribution in [3.05, 3.63) is 34.4 Å². The maximum absolute atomic E-state index is 10.8. The van der Waals surface area contributed by atoms with Crippen LogP contribution in [0, 0.1) is 10.1 Å². The van der Waals surface area contributed by atoms with Gasteiger partial charge in [-0.1, -0.05) is 0 Å². The van der Waals surface area contributed by atoms with Gasteiger partial charge in [0.2, 0.25) is 5.91 Å².